The summed E-state index contributed by atoms with van der Waals surface area (Å²) < 4.78 is 0.971. The van der Waals surface area contributed by atoms with Gasteiger partial charge in [-0.1, -0.05) is 0 Å². The standard InChI is InChI=1S/C5H5BrN2S/c6-5-1-3(8)4(2-7)9-5/h1-2,7H,8H2. The zero-order valence-electron chi connectivity index (χ0n) is 4.52. The zero-order chi connectivity index (χ0) is 6.85. The van der Waals surface area contributed by atoms with Gasteiger partial charge in [-0.3, -0.25) is 0 Å². The highest BCUT2D eigenvalue weighted by Crippen LogP contribution is 2.27. The Balaban J connectivity index is 3.15. The quantitative estimate of drug-likeness (QED) is 0.677. The summed E-state index contributed by atoms with van der Waals surface area (Å²) in [5.41, 5.74) is 6.15. The van der Waals surface area contributed by atoms with Gasteiger partial charge in [-0.15, -0.1) is 11.3 Å². The van der Waals surface area contributed by atoms with E-state index in [9.17, 15) is 0 Å². The molecule has 0 aliphatic rings. The molecule has 0 spiro atoms. The molecule has 48 valence electrons. The monoisotopic (exact) mass is 204 g/mol. The van der Waals surface area contributed by atoms with Crippen molar-refractivity contribution in [2.24, 2.45) is 0 Å². The Morgan fingerprint density at radius 2 is 2.44 bits per heavy atom. The van der Waals surface area contributed by atoms with Gasteiger partial charge in [0.25, 0.3) is 0 Å². The highest BCUT2D eigenvalue weighted by atomic mass is 79.9. The van der Waals surface area contributed by atoms with Crippen LogP contribution in [0.2, 0.25) is 0 Å². The number of anilines is 1. The van der Waals surface area contributed by atoms with E-state index in [4.69, 9.17) is 11.1 Å². The molecule has 3 N–H and O–H groups in total. The van der Waals surface area contributed by atoms with E-state index < -0.39 is 0 Å². The van der Waals surface area contributed by atoms with Gasteiger partial charge >= 0.3 is 0 Å². The lowest BCUT2D eigenvalue weighted by Crippen LogP contribution is -1.83. The average molecular weight is 205 g/mol. The Morgan fingerprint density at radius 1 is 1.78 bits per heavy atom. The van der Waals surface area contributed by atoms with Crippen molar-refractivity contribution in [3.8, 4) is 0 Å². The number of nitrogen functional groups attached to an aromatic ring is 1. The van der Waals surface area contributed by atoms with Crippen molar-refractivity contribution in [3.63, 3.8) is 0 Å². The lowest BCUT2D eigenvalue weighted by Gasteiger charge is -1.82. The summed E-state index contributed by atoms with van der Waals surface area (Å²) in [6, 6.07) is 1.80. The molecule has 0 unspecified atom stereocenters. The van der Waals surface area contributed by atoms with Crippen LogP contribution in [0.25, 0.3) is 0 Å². The molecule has 9 heavy (non-hydrogen) atoms. The van der Waals surface area contributed by atoms with Crippen molar-refractivity contribution in [2.75, 3.05) is 5.73 Å². The molecule has 1 rings (SSSR count). The Labute approximate surface area is 65.3 Å². The van der Waals surface area contributed by atoms with Crippen LogP contribution in [-0.2, 0) is 0 Å². The fraction of sp³-hybridized carbons (Fsp3) is 0. The van der Waals surface area contributed by atoms with E-state index in [0.717, 1.165) is 8.66 Å². The van der Waals surface area contributed by atoms with Gasteiger partial charge in [-0.25, -0.2) is 0 Å². The number of nitrogens with one attached hydrogen (secondary N) is 1. The maximum absolute atomic E-state index is 6.88. The molecule has 1 aromatic heterocycles. The highest BCUT2D eigenvalue weighted by molar-refractivity contribution is 9.11. The largest absolute Gasteiger partial charge is 0.397 e. The van der Waals surface area contributed by atoms with E-state index in [1.165, 1.54) is 17.6 Å². The molecule has 2 nitrogen and oxygen atoms in total. The number of nitrogens with two attached hydrogens (primary N) is 1. The van der Waals surface area contributed by atoms with Gasteiger partial charge < -0.3 is 11.1 Å². The van der Waals surface area contributed by atoms with Crippen LogP contribution < -0.4 is 5.73 Å². The molecule has 0 saturated heterocycles. The van der Waals surface area contributed by atoms with Gasteiger partial charge in [0.1, 0.15) is 0 Å². The minimum absolute atomic E-state index is 0.668. The van der Waals surface area contributed by atoms with Crippen LogP contribution in [-0.4, -0.2) is 6.21 Å². The first-order chi connectivity index (χ1) is 4.24. The molecular formula is C5H5BrN2S. The Hall–Kier alpha value is -0.350. The molecule has 0 aliphatic heterocycles. The maximum Gasteiger partial charge on any atom is 0.0726 e. The Kier molecular flexibility index (Phi) is 1.87. The lowest BCUT2D eigenvalue weighted by molar-refractivity contribution is 1.57. The molecule has 0 fully saturated rings. The summed E-state index contributed by atoms with van der Waals surface area (Å²) in [4.78, 5) is 0.807. The van der Waals surface area contributed by atoms with Gasteiger partial charge in [-0.2, -0.15) is 0 Å². The van der Waals surface area contributed by atoms with Crippen molar-refractivity contribution in [2.45, 2.75) is 0 Å². The maximum atomic E-state index is 6.88. The summed E-state index contributed by atoms with van der Waals surface area (Å²) >= 11 is 4.72. The molecule has 0 saturated carbocycles. The third-order valence-corrected chi connectivity index (χ3v) is 2.49. The van der Waals surface area contributed by atoms with Crippen molar-refractivity contribution >= 4 is 39.2 Å². The summed E-state index contributed by atoms with van der Waals surface area (Å²) in [6.45, 7) is 0. The van der Waals surface area contributed by atoms with Gasteiger partial charge in [0, 0.05) is 6.21 Å². The molecular weight excluding hydrogens is 200 g/mol. The predicted octanol–water partition coefficient (Wildman–Crippen LogP) is 2.09. The van der Waals surface area contributed by atoms with Crippen LogP contribution >= 0.6 is 27.3 Å². The minimum Gasteiger partial charge on any atom is -0.397 e. The Morgan fingerprint density at radius 3 is 2.67 bits per heavy atom. The van der Waals surface area contributed by atoms with Crippen molar-refractivity contribution < 1.29 is 0 Å². The first kappa shape index (κ1) is 6.77. The second kappa shape index (κ2) is 2.49. The molecule has 0 bridgehead atoms. The second-order valence-corrected chi connectivity index (χ2v) is 3.98. The summed E-state index contributed by atoms with van der Waals surface area (Å²) in [5, 5.41) is 6.88. The molecule has 0 aromatic carbocycles. The van der Waals surface area contributed by atoms with Gasteiger partial charge in [0.15, 0.2) is 0 Å². The zero-order valence-corrected chi connectivity index (χ0v) is 6.92. The third kappa shape index (κ3) is 1.31. The van der Waals surface area contributed by atoms with E-state index in [0.29, 0.717) is 5.69 Å². The Bertz CT molecular complexity index is 231. The fourth-order valence-electron chi connectivity index (χ4n) is 0.500. The summed E-state index contributed by atoms with van der Waals surface area (Å²) in [7, 11) is 0. The number of halogens is 1. The molecule has 4 heteroatoms. The summed E-state index contributed by atoms with van der Waals surface area (Å²) in [5.74, 6) is 0. The van der Waals surface area contributed by atoms with Crippen LogP contribution in [0.15, 0.2) is 9.85 Å². The van der Waals surface area contributed by atoms with E-state index in [1.807, 2.05) is 0 Å². The molecule has 0 amide bonds. The van der Waals surface area contributed by atoms with Gasteiger partial charge in [0.05, 0.1) is 14.4 Å². The smallest absolute Gasteiger partial charge is 0.0726 e. The van der Waals surface area contributed by atoms with Crippen LogP contribution in [0.1, 0.15) is 4.88 Å². The SMILES string of the molecule is N=Cc1sc(Br)cc1N. The highest BCUT2D eigenvalue weighted by Gasteiger charge is 1.99. The number of hydrogen-bond donors (Lipinski definition) is 2. The molecule has 0 atom stereocenters. The van der Waals surface area contributed by atoms with Crippen LogP contribution in [0.4, 0.5) is 5.69 Å². The third-order valence-electron chi connectivity index (χ3n) is 0.892. The first-order valence-electron chi connectivity index (χ1n) is 2.29. The van der Waals surface area contributed by atoms with E-state index >= 15 is 0 Å². The fourth-order valence-corrected chi connectivity index (χ4v) is 1.90. The van der Waals surface area contributed by atoms with Gasteiger partial charge in [-0.05, 0) is 22.0 Å². The molecule has 0 aliphatic carbocycles. The number of thiophene rings is 1. The van der Waals surface area contributed by atoms with Gasteiger partial charge in [0.2, 0.25) is 0 Å². The number of hydrogen-bond acceptors (Lipinski definition) is 3. The van der Waals surface area contributed by atoms with Crippen molar-refractivity contribution in [1.82, 2.24) is 0 Å². The minimum atomic E-state index is 0.668. The second-order valence-electron chi connectivity index (χ2n) is 1.51. The van der Waals surface area contributed by atoms with Crippen LogP contribution in [0.5, 0.6) is 0 Å². The molecule has 1 aromatic rings. The molecule has 1 heterocycles. The number of rotatable bonds is 1. The predicted molar refractivity (Wildman–Crippen MR) is 44.3 cm³/mol. The lowest BCUT2D eigenvalue weighted by atomic mass is 10.4. The van der Waals surface area contributed by atoms with Crippen molar-refractivity contribution in [1.29, 1.82) is 5.41 Å². The van der Waals surface area contributed by atoms with E-state index in [-0.39, 0.29) is 0 Å². The van der Waals surface area contributed by atoms with E-state index in [2.05, 4.69) is 15.9 Å². The van der Waals surface area contributed by atoms with Crippen LogP contribution in [0.3, 0.4) is 0 Å². The molecule has 0 radical (unpaired) electrons. The normalized spacial score (nSPS) is 9.44. The van der Waals surface area contributed by atoms with Crippen molar-refractivity contribution in [3.05, 3.63) is 14.7 Å². The van der Waals surface area contributed by atoms with Crippen LogP contribution in [0, 0.1) is 5.41 Å². The first-order valence-corrected chi connectivity index (χ1v) is 3.90. The van der Waals surface area contributed by atoms with E-state index in [1.54, 1.807) is 6.07 Å². The summed E-state index contributed by atoms with van der Waals surface area (Å²) in [6.07, 6.45) is 1.25. The average Bonchev–Trinajstić information content (AvgIpc) is 2.10. The topological polar surface area (TPSA) is 49.9 Å².